The van der Waals surface area contributed by atoms with Crippen LogP contribution in [-0.2, 0) is 19.1 Å². The predicted octanol–water partition coefficient (Wildman–Crippen LogP) is 0.632. The second kappa shape index (κ2) is 5.55. The highest BCUT2D eigenvalue weighted by Gasteiger charge is 2.58. The zero-order chi connectivity index (χ0) is 13.9. The molecule has 1 heterocycles. The normalized spacial score (nSPS) is 31.5. The molecule has 1 rings (SSSR count). The molecule has 0 saturated carbocycles. The first-order valence-electron chi connectivity index (χ1n) is 5.35. The smallest absolute Gasteiger partial charge is 0.303 e. The monoisotopic (exact) mass is 277 g/mol. The zero-order valence-electron chi connectivity index (χ0n) is 10.4. The Labute approximate surface area is 108 Å². The minimum atomic E-state index is -1.61. The minimum absolute atomic E-state index is 0.314. The van der Waals surface area contributed by atoms with E-state index in [1.807, 2.05) is 0 Å². The van der Waals surface area contributed by atoms with E-state index in [4.69, 9.17) is 9.47 Å². The van der Waals surface area contributed by atoms with Crippen LogP contribution in [0.25, 0.3) is 0 Å². The molecular weight excluding hydrogens is 262 g/mol. The molecule has 18 heavy (non-hydrogen) atoms. The molecular formula is C10H15NO6S. The fourth-order valence-electron chi connectivity index (χ4n) is 1.77. The van der Waals surface area contributed by atoms with E-state index in [1.54, 1.807) is 0 Å². The molecule has 0 aromatic heterocycles. The van der Waals surface area contributed by atoms with Crippen LogP contribution in [0.15, 0.2) is 0 Å². The fourth-order valence-corrected chi connectivity index (χ4v) is 3.14. The van der Waals surface area contributed by atoms with E-state index in [0.29, 0.717) is 11.5 Å². The van der Waals surface area contributed by atoms with Gasteiger partial charge in [-0.3, -0.25) is 19.7 Å². The summed E-state index contributed by atoms with van der Waals surface area (Å²) in [6.45, 7) is 3.73. The van der Waals surface area contributed by atoms with E-state index >= 15 is 0 Å². The molecule has 0 N–H and O–H groups in total. The van der Waals surface area contributed by atoms with Crippen molar-refractivity contribution >= 4 is 23.7 Å². The molecule has 0 aromatic carbocycles. The van der Waals surface area contributed by atoms with Gasteiger partial charge in [-0.25, -0.2) is 0 Å². The van der Waals surface area contributed by atoms with Gasteiger partial charge in [0.25, 0.3) is 5.54 Å². The molecule has 1 aliphatic heterocycles. The lowest BCUT2D eigenvalue weighted by Crippen LogP contribution is -2.62. The molecule has 8 heteroatoms. The minimum Gasteiger partial charge on any atom is -0.454 e. The number of carbonyl (C=O) groups is 2. The van der Waals surface area contributed by atoms with E-state index in [0.717, 1.165) is 0 Å². The van der Waals surface area contributed by atoms with Gasteiger partial charge in [0.15, 0.2) is 12.2 Å². The van der Waals surface area contributed by atoms with Crippen LogP contribution in [0.4, 0.5) is 0 Å². The van der Waals surface area contributed by atoms with Gasteiger partial charge in [0.2, 0.25) is 0 Å². The Hall–Kier alpha value is -1.31. The molecule has 0 aliphatic carbocycles. The molecule has 7 nitrogen and oxygen atoms in total. The number of esters is 2. The van der Waals surface area contributed by atoms with Gasteiger partial charge < -0.3 is 9.47 Å². The number of carbonyl (C=O) groups excluding carboxylic acids is 2. The summed E-state index contributed by atoms with van der Waals surface area (Å²) < 4.78 is 9.97. The van der Waals surface area contributed by atoms with Crippen molar-refractivity contribution in [2.75, 3.05) is 11.5 Å². The summed E-state index contributed by atoms with van der Waals surface area (Å²) >= 11 is 1.36. The maximum absolute atomic E-state index is 11.3. The summed E-state index contributed by atoms with van der Waals surface area (Å²) in [5.41, 5.74) is -1.61. The van der Waals surface area contributed by atoms with Crippen LogP contribution in [0.5, 0.6) is 0 Å². The van der Waals surface area contributed by atoms with Crippen molar-refractivity contribution in [3.05, 3.63) is 10.1 Å². The summed E-state index contributed by atoms with van der Waals surface area (Å²) in [7, 11) is 0. The molecule has 0 aromatic rings. The summed E-state index contributed by atoms with van der Waals surface area (Å²) in [4.78, 5) is 32.7. The van der Waals surface area contributed by atoms with Gasteiger partial charge in [-0.15, -0.1) is 0 Å². The van der Waals surface area contributed by atoms with Crippen molar-refractivity contribution in [1.29, 1.82) is 0 Å². The number of thioether (sulfide) groups is 1. The molecule has 102 valence electrons. The molecule has 2 unspecified atom stereocenters. The molecule has 0 spiro atoms. The molecule has 2 atom stereocenters. The van der Waals surface area contributed by atoms with Crippen LogP contribution >= 0.6 is 11.8 Å². The molecule has 1 fully saturated rings. The van der Waals surface area contributed by atoms with Gasteiger partial charge in [-0.1, -0.05) is 0 Å². The molecule has 0 amide bonds. The number of nitro groups is 1. The molecule has 0 radical (unpaired) electrons. The van der Waals surface area contributed by atoms with Gasteiger partial charge >= 0.3 is 11.9 Å². The summed E-state index contributed by atoms with van der Waals surface area (Å²) in [6.07, 6.45) is -1.82. The van der Waals surface area contributed by atoms with Crippen LogP contribution in [0.1, 0.15) is 20.8 Å². The van der Waals surface area contributed by atoms with Crippen molar-refractivity contribution in [2.24, 2.45) is 0 Å². The molecule has 1 saturated heterocycles. The Morgan fingerprint density at radius 1 is 1.22 bits per heavy atom. The Kier molecular flexibility index (Phi) is 4.55. The average Bonchev–Trinajstić information content (AvgIpc) is 2.22. The Balaban J connectivity index is 3.00. The highest BCUT2D eigenvalue weighted by molar-refractivity contribution is 7.99. The summed E-state index contributed by atoms with van der Waals surface area (Å²) in [5, 5.41) is 11.3. The van der Waals surface area contributed by atoms with Crippen LogP contribution in [0.2, 0.25) is 0 Å². The van der Waals surface area contributed by atoms with E-state index in [9.17, 15) is 19.7 Å². The number of ether oxygens (including phenoxy) is 2. The van der Waals surface area contributed by atoms with E-state index < -0.39 is 34.6 Å². The first-order valence-corrected chi connectivity index (χ1v) is 6.50. The van der Waals surface area contributed by atoms with Crippen molar-refractivity contribution in [3.8, 4) is 0 Å². The van der Waals surface area contributed by atoms with Crippen LogP contribution in [0.3, 0.4) is 0 Å². The fraction of sp³-hybridized carbons (Fsp3) is 0.800. The van der Waals surface area contributed by atoms with Crippen molar-refractivity contribution < 1.29 is 24.0 Å². The average molecular weight is 277 g/mol. The van der Waals surface area contributed by atoms with Crippen molar-refractivity contribution in [1.82, 2.24) is 0 Å². The number of hydrogen-bond acceptors (Lipinski definition) is 7. The standard InChI is InChI=1S/C10H15NO6S/c1-6(12)16-8-4-18-5-9(17-7(2)13)10(8,3)11(14)15/h8-9H,4-5H2,1-3H3. The van der Waals surface area contributed by atoms with E-state index in [1.165, 1.54) is 32.5 Å². The maximum atomic E-state index is 11.3. The zero-order valence-corrected chi connectivity index (χ0v) is 11.2. The van der Waals surface area contributed by atoms with Gasteiger partial charge in [0.1, 0.15) is 0 Å². The topological polar surface area (TPSA) is 95.7 Å². The van der Waals surface area contributed by atoms with Gasteiger partial charge in [-0.2, -0.15) is 11.8 Å². The SMILES string of the molecule is CC(=O)OC1CSCC(OC(C)=O)C1(C)[N+](=O)[O-]. The van der Waals surface area contributed by atoms with Gasteiger partial charge in [-0.05, 0) is 0 Å². The Morgan fingerprint density at radius 2 is 1.61 bits per heavy atom. The molecule has 0 bridgehead atoms. The summed E-state index contributed by atoms with van der Waals surface area (Å²) in [5.74, 6) is -0.543. The maximum Gasteiger partial charge on any atom is 0.303 e. The third kappa shape index (κ3) is 2.92. The van der Waals surface area contributed by atoms with Crippen LogP contribution in [-0.4, -0.2) is 46.1 Å². The highest BCUT2D eigenvalue weighted by atomic mass is 32.2. The van der Waals surface area contributed by atoms with E-state index in [2.05, 4.69) is 0 Å². The van der Waals surface area contributed by atoms with Gasteiger partial charge in [0, 0.05) is 37.2 Å². The van der Waals surface area contributed by atoms with Gasteiger partial charge in [0.05, 0.1) is 0 Å². The third-order valence-corrected chi connectivity index (χ3v) is 3.93. The second-order valence-electron chi connectivity index (χ2n) is 4.22. The first kappa shape index (κ1) is 14.7. The second-order valence-corrected chi connectivity index (χ2v) is 5.29. The van der Waals surface area contributed by atoms with Crippen molar-refractivity contribution in [2.45, 2.75) is 38.5 Å². The predicted molar refractivity (Wildman–Crippen MR) is 63.8 cm³/mol. The van der Waals surface area contributed by atoms with Crippen LogP contribution < -0.4 is 0 Å². The van der Waals surface area contributed by atoms with Crippen molar-refractivity contribution in [3.63, 3.8) is 0 Å². The van der Waals surface area contributed by atoms with E-state index in [-0.39, 0.29) is 0 Å². The Morgan fingerprint density at radius 3 is 1.89 bits per heavy atom. The Bertz CT molecular complexity index is 347. The number of hydrogen-bond donors (Lipinski definition) is 0. The lowest BCUT2D eigenvalue weighted by atomic mass is 9.89. The summed E-state index contributed by atoms with van der Waals surface area (Å²) in [6, 6.07) is 0. The third-order valence-electron chi connectivity index (χ3n) is 2.85. The first-order chi connectivity index (χ1) is 8.28. The largest absolute Gasteiger partial charge is 0.454 e. The quantitative estimate of drug-likeness (QED) is 0.424. The highest BCUT2D eigenvalue weighted by Crippen LogP contribution is 2.34. The number of nitrogens with zero attached hydrogens (tertiary/aromatic N) is 1. The molecule has 1 aliphatic rings. The van der Waals surface area contributed by atoms with Crippen LogP contribution in [0, 0.1) is 10.1 Å². The number of rotatable bonds is 3. The lowest BCUT2D eigenvalue weighted by Gasteiger charge is -2.38. The lowest BCUT2D eigenvalue weighted by molar-refractivity contribution is -0.588.